The number of nitriles is 1. The molecule has 1 aliphatic rings. The van der Waals surface area contributed by atoms with Crippen molar-refractivity contribution in [3.05, 3.63) is 58.6 Å². The first-order chi connectivity index (χ1) is 13.7. The van der Waals surface area contributed by atoms with E-state index in [0.717, 1.165) is 17.9 Å². The lowest BCUT2D eigenvalue weighted by atomic mass is 10.1. The molecule has 1 aliphatic heterocycles. The molecule has 1 amide bonds. The van der Waals surface area contributed by atoms with E-state index in [2.05, 4.69) is 11.4 Å². The standard InChI is InChI=1S/C21H22ClN3O3/c22-20-14-17(4-7-19(20)21(26)25-9-12-27-13-10-25)24-8-1-11-28-18-5-2-16(15-23)3-6-18/h2-7,14,24H,1,8-13H2. The summed E-state index contributed by atoms with van der Waals surface area (Å²) >= 11 is 6.32. The van der Waals surface area contributed by atoms with Crippen LogP contribution in [0.3, 0.4) is 0 Å². The zero-order valence-corrected chi connectivity index (χ0v) is 16.2. The van der Waals surface area contributed by atoms with Crippen LogP contribution in [0.15, 0.2) is 42.5 Å². The molecule has 1 heterocycles. The Hall–Kier alpha value is -2.75. The molecule has 0 saturated carbocycles. The van der Waals surface area contributed by atoms with Gasteiger partial charge in [0, 0.05) is 25.3 Å². The van der Waals surface area contributed by atoms with E-state index in [-0.39, 0.29) is 5.91 Å². The lowest BCUT2D eigenvalue weighted by Crippen LogP contribution is -2.40. The van der Waals surface area contributed by atoms with Crippen molar-refractivity contribution >= 4 is 23.2 Å². The molecular formula is C21H22ClN3O3. The maximum atomic E-state index is 12.5. The second kappa shape index (κ2) is 9.98. The van der Waals surface area contributed by atoms with E-state index < -0.39 is 0 Å². The zero-order valence-electron chi connectivity index (χ0n) is 15.5. The molecule has 3 rings (SSSR count). The predicted molar refractivity (Wildman–Crippen MR) is 108 cm³/mol. The summed E-state index contributed by atoms with van der Waals surface area (Å²) < 4.78 is 10.9. The fourth-order valence-corrected chi connectivity index (χ4v) is 3.12. The van der Waals surface area contributed by atoms with Gasteiger partial charge in [0.15, 0.2) is 0 Å². The Morgan fingerprint density at radius 1 is 1.21 bits per heavy atom. The van der Waals surface area contributed by atoms with Crippen molar-refractivity contribution in [3.63, 3.8) is 0 Å². The lowest BCUT2D eigenvalue weighted by molar-refractivity contribution is 0.0303. The average molecular weight is 400 g/mol. The van der Waals surface area contributed by atoms with Crippen LogP contribution in [0.1, 0.15) is 22.3 Å². The summed E-state index contributed by atoms with van der Waals surface area (Å²) in [5.74, 6) is 0.684. The highest BCUT2D eigenvalue weighted by atomic mass is 35.5. The monoisotopic (exact) mass is 399 g/mol. The molecule has 7 heteroatoms. The van der Waals surface area contributed by atoms with Crippen LogP contribution in [0.5, 0.6) is 5.75 Å². The van der Waals surface area contributed by atoms with Gasteiger partial charge in [-0.25, -0.2) is 0 Å². The Kier molecular flexibility index (Phi) is 7.12. The van der Waals surface area contributed by atoms with E-state index in [9.17, 15) is 4.79 Å². The van der Waals surface area contributed by atoms with Gasteiger partial charge in [0.05, 0.1) is 42.0 Å². The lowest BCUT2D eigenvalue weighted by Gasteiger charge is -2.27. The highest BCUT2D eigenvalue weighted by molar-refractivity contribution is 6.34. The highest BCUT2D eigenvalue weighted by Gasteiger charge is 2.20. The Balaban J connectivity index is 1.44. The second-order valence-corrected chi connectivity index (χ2v) is 6.77. The van der Waals surface area contributed by atoms with Gasteiger partial charge in [-0.15, -0.1) is 0 Å². The molecule has 0 unspecified atom stereocenters. The van der Waals surface area contributed by atoms with Crippen LogP contribution in [0.2, 0.25) is 5.02 Å². The van der Waals surface area contributed by atoms with E-state index in [1.54, 1.807) is 41.3 Å². The van der Waals surface area contributed by atoms with Crippen LogP contribution in [0, 0.1) is 11.3 Å². The van der Waals surface area contributed by atoms with Crippen molar-refractivity contribution in [1.82, 2.24) is 4.90 Å². The van der Waals surface area contributed by atoms with Gasteiger partial charge >= 0.3 is 0 Å². The minimum Gasteiger partial charge on any atom is -0.494 e. The van der Waals surface area contributed by atoms with Crippen molar-refractivity contribution < 1.29 is 14.3 Å². The molecule has 2 aromatic carbocycles. The second-order valence-electron chi connectivity index (χ2n) is 6.36. The molecule has 0 aromatic heterocycles. The third kappa shape index (κ3) is 5.38. The number of rotatable bonds is 7. The van der Waals surface area contributed by atoms with Crippen molar-refractivity contribution in [2.24, 2.45) is 0 Å². The molecule has 1 fully saturated rings. The maximum Gasteiger partial charge on any atom is 0.255 e. The smallest absolute Gasteiger partial charge is 0.255 e. The number of hydrogen-bond acceptors (Lipinski definition) is 5. The molecule has 6 nitrogen and oxygen atoms in total. The van der Waals surface area contributed by atoms with Crippen LogP contribution in [-0.4, -0.2) is 50.3 Å². The Bertz CT molecular complexity index is 843. The number of ether oxygens (including phenoxy) is 2. The summed E-state index contributed by atoms with van der Waals surface area (Å²) in [5.41, 5.74) is 1.99. The predicted octanol–water partition coefficient (Wildman–Crippen LogP) is 3.57. The molecule has 0 spiro atoms. The number of carbonyl (C=O) groups excluding carboxylic acids is 1. The minimum atomic E-state index is -0.0596. The number of morpholine rings is 1. The number of nitrogens with one attached hydrogen (secondary N) is 1. The molecule has 0 aliphatic carbocycles. The molecule has 1 N–H and O–H groups in total. The topological polar surface area (TPSA) is 74.6 Å². The Morgan fingerprint density at radius 2 is 1.96 bits per heavy atom. The van der Waals surface area contributed by atoms with Gasteiger partial charge in [-0.1, -0.05) is 11.6 Å². The van der Waals surface area contributed by atoms with Crippen molar-refractivity contribution in [3.8, 4) is 11.8 Å². The third-order valence-electron chi connectivity index (χ3n) is 4.40. The maximum absolute atomic E-state index is 12.5. The summed E-state index contributed by atoms with van der Waals surface area (Å²) in [7, 11) is 0. The Morgan fingerprint density at radius 3 is 2.64 bits per heavy atom. The first-order valence-corrected chi connectivity index (χ1v) is 9.58. The van der Waals surface area contributed by atoms with Crippen molar-refractivity contribution in [2.75, 3.05) is 44.8 Å². The third-order valence-corrected chi connectivity index (χ3v) is 4.71. The number of benzene rings is 2. The summed E-state index contributed by atoms with van der Waals surface area (Å²) in [6.07, 6.45) is 0.798. The van der Waals surface area contributed by atoms with E-state index >= 15 is 0 Å². The number of amides is 1. The number of anilines is 1. The molecule has 2 aromatic rings. The van der Waals surface area contributed by atoms with Crippen molar-refractivity contribution in [2.45, 2.75) is 6.42 Å². The largest absolute Gasteiger partial charge is 0.494 e. The van der Waals surface area contributed by atoms with Crippen molar-refractivity contribution in [1.29, 1.82) is 5.26 Å². The van der Waals surface area contributed by atoms with Gasteiger partial charge < -0.3 is 19.7 Å². The normalized spacial score (nSPS) is 13.6. The molecule has 146 valence electrons. The Labute approximate surface area is 169 Å². The molecule has 0 atom stereocenters. The molecule has 1 saturated heterocycles. The number of halogens is 1. The number of hydrogen-bond donors (Lipinski definition) is 1. The van der Waals surface area contributed by atoms with Gasteiger partial charge in [-0.2, -0.15) is 5.26 Å². The van der Waals surface area contributed by atoms with Gasteiger partial charge in [0.1, 0.15) is 5.75 Å². The van der Waals surface area contributed by atoms with Crippen LogP contribution >= 0.6 is 11.6 Å². The first kappa shape index (κ1) is 20.0. The van der Waals surface area contributed by atoms with E-state index in [1.165, 1.54) is 0 Å². The van der Waals surface area contributed by atoms with Crippen LogP contribution in [0.4, 0.5) is 5.69 Å². The van der Waals surface area contributed by atoms with Gasteiger partial charge in [0.2, 0.25) is 0 Å². The fraction of sp³-hybridized carbons (Fsp3) is 0.333. The van der Waals surface area contributed by atoms with Gasteiger partial charge in [-0.3, -0.25) is 4.79 Å². The molecule has 0 radical (unpaired) electrons. The summed E-state index contributed by atoms with van der Waals surface area (Å²) in [6, 6.07) is 14.5. The van der Waals surface area contributed by atoms with Crippen LogP contribution < -0.4 is 10.1 Å². The van der Waals surface area contributed by atoms with E-state index in [4.69, 9.17) is 26.3 Å². The van der Waals surface area contributed by atoms with Gasteiger partial charge in [-0.05, 0) is 48.9 Å². The molecular weight excluding hydrogens is 378 g/mol. The van der Waals surface area contributed by atoms with Gasteiger partial charge in [0.25, 0.3) is 5.91 Å². The first-order valence-electron chi connectivity index (χ1n) is 9.21. The summed E-state index contributed by atoms with van der Waals surface area (Å²) in [5, 5.41) is 12.5. The highest BCUT2D eigenvalue weighted by Crippen LogP contribution is 2.23. The minimum absolute atomic E-state index is 0.0596. The summed E-state index contributed by atoms with van der Waals surface area (Å²) in [6.45, 7) is 3.58. The molecule has 28 heavy (non-hydrogen) atoms. The summed E-state index contributed by atoms with van der Waals surface area (Å²) in [4.78, 5) is 14.3. The zero-order chi connectivity index (χ0) is 19.8. The fourth-order valence-electron chi connectivity index (χ4n) is 2.86. The van der Waals surface area contributed by atoms with E-state index in [0.29, 0.717) is 55.6 Å². The number of carbonyl (C=O) groups is 1. The molecule has 0 bridgehead atoms. The van der Waals surface area contributed by atoms with Crippen LogP contribution in [0.25, 0.3) is 0 Å². The van der Waals surface area contributed by atoms with Crippen LogP contribution in [-0.2, 0) is 4.74 Å². The average Bonchev–Trinajstić information content (AvgIpc) is 2.74. The SMILES string of the molecule is N#Cc1ccc(OCCCNc2ccc(C(=O)N3CCOCC3)c(Cl)c2)cc1. The quantitative estimate of drug-likeness (QED) is 0.720. The number of nitrogens with zero attached hydrogens (tertiary/aromatic N) is 2. The van der Waals surface area contributed by atoms with E-state index in [1.807, 2.05) is 6.07 Å².